The summed E-state index contributed by atoms with van der Waals surface area (Å²) in [4.78, 5) is 44.3. The van der Waals surface area contributed by atoms with E-state index in [1.54, 1.807) is 27.6 Å². The van der Waals surface area contributed by atoms with Gasteiger partial charge in [-0.05, 0) is 63.6 Å². The van der Waals surface area contributed by atoms with Crippen molar-refractivity contribution < 1.29 is 24.6 Å². The van der Waals surface area contributed by atoms with E-state index in [1.165, 1.54) is 0 Å². The Morgan fingerprint density at radius 3 is 2.61 bits per heavy atom. The Labute approximate surface area is 217 Å². The molecule has 2 unspecified atom stereocenters. The molecule has 2 bridgehead atoms. The highest BCUT2D eigenvalue weighted by molar-refractivity contribution is 8.02. The number of thioether (sulfide) groups is 1. The van der Waals surface area contributed by atoms with Crippen molar-refractivity contribution in [2.24, 2.45) is 11.8 Å². The van der Waals surface area contributed by atoms with Crippen LogP contribution in [0, 0.1) is 25.7 Å². The number of carboxylic acids is 1. The third kappa shape index (κ3) is 4.26. The third-order valence-corrected chi connectivity index (χ3v) is 10.3. The minimum absolute atomic E-state index is 0.136. The summed E-state index contributed by atoms with van der Waals surface area (Å²) in [7, 11) is 0. The maximum absolute atomic E-state index is 14.5. The topological polar surface area (TPSA) is 98.2 Å². The van der Waals surface area contributed by atoms with Gasteiger partial charge < -0.3 is 20.0 Å². The number of likely N-dealkylation sites (tertiary alicyclic amines) is 1. The number of aliphatic hydroxyl groups is 1. The number of carboxylic acid groups (broad SMARTS) is 1. The second-order valence-electron chi connectivity index (χ2n) is 10.8. The predicted octanol–water partition coefficient (Wildman–Crippen LogP) is 3.94. The van der Waals surface area contributed by atoms with Crippen LogP contribution in [-0.2, 0) is 14.4 Å². The van der Waals surface area contributed by atoms with E-state index in [4.69, 9.17) is 5.11 Å². The van der Waals surface area contributed by atoms with Crippen molar-refractivity contribution in [2.75, 3.05) is 24.6 Å². The molecule has 8 heteroatoms. The Balaban J connectivity index is 1.75. The maximum Gasteiger partial charge on any atom is 0.308 e. The molecule has 3 aliphatic heterocycles. The molecule has 36 heavy (non-hydrogen) atoms. The summed E-state index contributed by atoms with van der Waals surface area (Å²) in [6, 6.07) is 5.27. The summed E-state index contributed by atoms with van der Waals surface area (Å²) in [6.45, 7) is 10.6. The van der Waals surface area contributed by atoms with E-state index in [0.717, 1.165) is 29.7 Å². The number of amides is 2. The Kier molecular flexibility index (Phi) is 7.58. The molecule has 3 fully saturated rings. The zero-order chi connectivity index (χ0) is 26.3. The van der Waals surface area contributed by atoms with Crippen LogP contribution >= 0.6 is 11.8 Å². The number of hydrogen-bond donors (Lipinski definition) is 2. The molecule has 196 valence electrons. The normalized spacial score (nSPS) is 30.5. The minimum Gasteiger partial charge on any atom is -0.481 e. The number of aryl methyl sites for hydroxylation is 2. The van der Waals surface area contributed by atoms with Crippen molar-refractivity contribution in [3.8, 4) is 0 Å². The molecule has 0 radical (unpaired) electrons. The smallest absolute Gasteiger partial charge is 0.308 e. The standard InChI is InChI=1S/C28H38N2O5S/c1-5-14-29(20-17-18(2)10-11-19(20)3)25(33)23-28-13-12-27(4,36-28)22(26(34)35)21(28)24(32)30(23)15-8-6-7-9-16-31/h5,10-11,17,21-23,31H,1,6-9,12-16H2,2-4H3,(H,34,35)/t21-,22+,23?,27-,28?/m0/s1. The van der Waals surface area contributed by atoms with Crippen LogP contribution in [0.1, 0.15) is 56.6 Å². The number of fused-ring (bicyclic) bond motifs is 1. The van der Waals surface area contributed by atoms with Crippen molar-refractivity contribution in [3.05, 3.63) is 42.0 Å². The van der Waals surface area contributed by atoms with E-state index in [9.17, 15) is 19.5 Å². The summed E-state index contributed by atoms with van der Waals surface area (Å²) in [5.74, 6) is -2.80. The third-order valence-electron chi connectivity index (χ3n) is 8.32. The van der Waals surface area contributed by atoms with E-state index >= 15 is 0 Å². The molecule has 0 aliphatic carbocycles. The van der Waals surface area contributed by atoms with Crippen LogP contribution in [0.3, 0.4) is 0 Å². The zero-order valence-corrected chi connectivity index (χ0v) is 22.4. The Morgan fingerprint density at radius 2 is 1.94 bits per heavy atom. The van der Waals surface area contributed by atoms with E-state index in [0.29, 0.717) is 38.8 Å². The van der Waals surface area contributed by atoms with E-state index in [2.05, 4.69) is 6.58 Å². The van der Waals surface area contributed by atoms with Crippen LogP contribution in [0.5, 0.6) is 0 Å². The molecule has 3 heterocycles. The van der Waals surface area contributed by atoms with Crippen molar-refractivity contribution in [1.82, 2.24) is 4.90 Å². The second-order valence-corrected chi connectivity index (χ2v) is 12.7. The monoisotopic (exact) mass is 514 g/mol. The molecule has 3 saturated heterocycles. The van der Waals surface area contributed by atoms with Gasteiger partial charge in [-0.25, -0.2) is 0 Å². The van der Waals surface area contributed by atoms with Gasteiger partial charge in [0.05, 0.1) is 16.6 Å². The molecule has 3 aliphatic rings. The van der Waals surface area contributed by atoms with Crippen molar-refractivity contribution in [1.29, 1.82) is 0 Å². The lowest BCUT2D eigenvalue weighted by Gasteiger charge is -2.37. The van der Waals surface area contributed by atoms with Crippen LogP contribution in [-0.4, -0.2) is 68.1 Å². The maximum atomic E-state index is 14.5. The van der Waals surface area contributed by atoms with Crippen LogP contribution < -0.4 is 4.90 Å². The number of hydrogen-bond acceptors (Lipinski definition) is 5. The summed E-state index contributed by atoms with van der Waals surface area (Å²) in [5.41, 5.74) is 2.79. The van der Waals surface area contributed by atoms with Crippen molar-refractivity contribution in [2.45, 2.75) is 74.8 Å². The minimum atomic E-state index is -0.946. The summed E-state index contributed by atoms with van der Waals surface area (Å²) < 4.78 is -1.30. The number of carbonyl (C=O) groups excluding carboxylic acids is 2. The Bertz CT molecular complexity index is 1060. The van der Waals surface area contributed by atoms with Gasteiger partial charge in [-0.2, -0.15) is 0 Å². The summed E-state index contributed by atoms with van der Waals surface area (Å²) >= 11 is 1.57. The highest BCUT2D eigenvalue weighted by atomic mass is 32.2. The van der Waals surface area contributed by atoms with Gasteiger partial charge in [-0.3, -0.25) is 14.4 Å². The van der Waals surface area contributed by atoms with Crippen LogP contribution in [0.25, 0.3) is 0 Å². The largest absolute Gasteiger partial charge is 0.481 e. The number of aliphatic hydroxyl groups excluding tert-OH is 1. The summed E-state index contributed by atoms with van der Waals surface area (Å²) in [5, 5.41) is 19.3. The molecule has 2 amide bonds. The van der Waals surface area contributed by atoms with Gasteiger partial charge in [0, 0.05) is 30.1 Å². The average Bonchev–Trinajstić information content (AvgIpc) is 3.39. The average molecular weight is 515 g/mol. The lowest BCUT2D eigenvalue weighted by atomic mass is 9.66. The molecule has 1 spiro atoms. The summed E-state index contributed by atoms with van der Waals surface area (Å²) in [6.07, 6.45) is 6.13. The molecule has 5 atom stereocenters. The Hall–Kier alpha value is -2.32. The number of unbranched alkanes of at least 4 members (excludes halogenated alkanes) is 3. The highest BCUT2D eigenvalue weighted by Gasteiger charge is 2.77. The zero-order valence-electron chi connectivity index (χ0n) is 21.5. The van der Waals surface area contributed by atoms with E-state index in [-0.39, 0.29) is 18.4 Å². The fourth-order valence-electron chi connectivity index (χ4n) is 6.66. The SMILES string of the molecule is C=CCN(C(=O)C1N(CCCCCCO)C(=O)[C@@H]2[C@H](C(=O)O)[C@]3(C)CCC12S3)c1cc(C)ccc1C. The second kappa shape index (κ2) is 10.2. The van der Waals surface area contributed by atoms with E-state index in [1.807, 2.05) is 39.0 Å². The first-order valence-corrected chi connectivity index (χ1v) is 13.8. The fraction of sp³-hybridized carbons (Fsp3) is 0.607. The van der Waals surface area contributed by atoms with Crippen molar-refractivity contribution in [3.63, 3.8) is 0 Å². The molecule has 7 nitrogen and oxygen atoms in total. The van der Waals surface area contributed by atoms with Gasteiger partial charge in [0.15, 0.2) is 0 Å². The van der Waals surface area contributed by atoms with Gasteiger partial charge in [-0.1, -0.05) is 31.1 Å². The number of rotatable bonds is 11. The lowest BCUT2D eigenvalue weighted by Crippen LogP contribution is -2.55. The quantitative estimate of drug-likeness (QED) is 0.343. The Morgan fingerprint density at radius 1 is 1.22 bits per heavy atom. The number of aliphatic carboxylic acids is 1. The van der Waals surface area contributed by atoms with Crippen LogP contribution in [0.2, 0.25) is 0 Å². The highest BCUT2D eigenvalue weighted by Crippen LogP contribution is 2.71. The molecular formula is C28H38N2O5S. The van der Waals surface area contributed by atoms with Gasteiger partial charge in [0.25, 0.3) is 5.91 Å². The molecular weight excluding hydrogens is 476 g/mol. The molecule has 1 aromatic rings. The number of carbonyl (C=O) groups is 3. The molecule has 0 saturated carbocycles. The number of anilines is 1. The van der Waals surface area contributed by atoms with Crippen LogP contribution in [0.4, 0.5) is 5.69 Å². The molecule has 4 rings (SSSR count). The predicted molar refractivity (Wildman–Crippen MR) is 142 cm³/mol. The van der Waals surface area contributed by atoms with Gasteiger partial charge in [-0.15, -0.1) is 18.3 Å². The van der Waals surface area contributed by atoms with Gasteiger partial charge >= 0.3 is 5.97 Å². The first-order valence-electron chi connectivity index (χ1n) is 12.9. The number of benzene rings is 1. The van der Waals surface area contributed by atoms with Gasteiger partial charge in [0.1, 0.15) is 6.04 Å². The van der Waals surface area contributed by atoms with E-state index < -0.39 is 33.3 Å². The molecule has 0 aromatic heterocycles. The first kappa shape index (κ1) is 26.7. The molecule has 2 N–H and O–H groups in total. The van der Waals surface area contributed by atoms with Crippen molar-refractivity contribution >= 4 is 35.2 Å². The molecule has 1 aromatic carbocycles. The van der Waals surface area contributed by atoms with Crippen LogP contribution in [0.15, 0.2) is 30.9 Å². The first-order chi connectivity index (χ1) is 17.1. The fourth-order valence-corrected chi connectivity index (χ4v) is 9.01. The lowest BCUT2D eigenvalue weighted by molar-refractivity contribution is -0.150. The van der Waals surface area contributed by atoms with Gasteiger partial charge in [0.2, 0.25) is 5.91 Å². The number of nitrogens with zero attached hydrogens (tertiary/aromatic N) is 2.